The summed E-state index contributed by atoms with van der Waals surface area (Å²) < 4.78 is 17.6. The largest absolute Gasteiger partial charge is 0.453 e. The van der Waals surface area contributed by atoms with E-state index in [1.165, 1.54) is 19.2 Å². The van der Waals surface area contributed by atoms with Gasteiger partial charge in [-0.2, -0.15) is 0 Å². The molecule has 1 fully saturated rings. The predicted octanol–water partition coefficient (Wildman–Crippen LogP) is 2.42. The van der Waals surface area contributed by atoms with E-state index in [1.54, 1.807) is 17.0 Å². The number of hydrogen-bond donors (Lipinski definition) is 2. The Morgan fingerprint density at radius 3 is 2.70 bits per heavy atom. The fourth-order valence-corrected chi connectivity index (χ4v) is 2.65. The number of ether oxygens (including phenoxy) is 1. The van der Waals surface area contributed by atoms with Gasteiger partial charge in [0.2, 0.25) is 0 Å². The highest BCUT2D eigenvalue weighted by Gasteiger charge is 2.25. The highest BCUT2D eigenvalue weighted by molar-refractivity contribution is 5.75. The third-order valence-electron chi connectivity index (χ3n) is 3.91. The highest BCUT2D eigenvalue weighted by Crippen LogP contribution is 2.14. The van der Waals surface area contributed by atoms with Gasteiger partial charge in [0.05, 0.1) is 13.2 Å². The first-order chi connectivity index (χ1) is 11.0. The van der Waals surface area contributed by atoms with Crippen LogP contribution in [0.3, 0.4) is 0 Å². The van der Waals surface area contributed by atoms with Crippen molar-refractivity contribution in [3.8, 4) is 0 Å². The van der Waals surface area contributed by atoms with Gasteiger partial charge in [-0.3, -0.25) is 0 Å². The molecule has 1 heterocycles. The molecule has 0 spiro atoms. The normalized spacial score (nSPS) is 18.9. The molecule has 2 rings (SSSR count). The molecule has 1 aliphatic heterocycles. The summed E-state index contributed by atoms with van der Waals surface area (Å²) >= 11 is 0. The van der Waals surface area contributed by atoms with Crippen LogP contribution in [-0.2, 0) is 4.74 Å². The van der Waals surface area contributed by atoms with Crippen LogP contribution in [0.5, 0.6) is 0 Å². The number of nitrogens with one attached hydrogen (secondary N) is 2. The van der Waals surface area contributed by atoms with Crippen LogP contribution >= 0.6 is 0 Å². The summed E-state index contributed by atoms with van der Waals surface area (Å²) in [5.41, 5.74) is 0.821. The Bertz CT molecular complexity index is 550. The zero-order chi connectivity index (χ0) is 16.8. The van der Waals surface area contributed by atoms with E-state index in [4.69, 9.17) is 4.74 Å². The molecule has 126 valence electrons. The number of amides is 3. The Labute approximate surface area is 135 Å². The van der Waals surface area contributed by atoms with Gasteiger partial charge >= 0.3 is 12.1 Å². The Balaban J connectivity index is 1.84. The second-order valence-electron chi connectivity index (χ2n) is 5.65. The van der Waals surface area contributed by atoms with Gasteiger partial charge in [0.15, 0.2) is 0 Å². The molecule has 7 heteroatoms. The number of hydrogen-bond acceptors (Lipinski definition) is 3. The standard InChI is InChI=1S/C16H22FN3O3/c1-11(12-5-7-13(17)8-6-12)18-15(21)19-14-4-3-9-20(10-14)16(22)23-2/h5-8,11,14H,3-4,9-10H2,1-2H3,(H2,18,19,21)/t11-,14+/m0/s1. The number of nitrogens with zero attached hydrogens (tertiary/aromatic N) is 1. The van der Waals surface area contributed by atoms with Crippen LogP contribution < -0.4 is 10.6 Å². The monoisotopic (exact) mass is 323 g/mol. The number of piperidine rings is 1. The zero-order valence-electron chi connectivity index (χ0n) is 13.3. The Morgan fingerprint density at radius 1 is 1.35 bits per heavy atom. The second-order valence-corrected chi connectivity index (χ2v) is 5.65. The number of urea groups is 1. The zero-order valence-corrected chi connectivity index (χ0v) is 13.3. The smallest absolute Gasteiger partial charge is 0.409 e. The van der Waals surface area contributed by atoms with Crippen molar-refractivity contribution >= 4 is 12.1 Å². The van der Waals surface area contributed by atoms with Crippen LogP contribution in [0.2, 0.25) is 0 Å². The topological polar surface area (TPSA) is 70.7 Å². The fraction of sp³-hybridized carbons (Fsp3) is 0.500. The summed E-state index contributed by atoms with van der Waals surface area (Å²) in [4.78, 5) is 25.2. The first-order valence-electron chi connectivity index (χ1n) is 7.65. The van der Waals surface area contributed by atoms with Crippen LogP contribution in [-0.4, -0.2) is 43.3 Å². The summed E-state index contributed by atoms with van der Waals surface area (Å²) in [5.74, 6) is -0.310. The van der Waals surface area contributed by atoms with Crippen LogP contribution in [0.4, 0.5) is 14.0 Å². The van der Waals surface area contributed by atoms with E-state index in [0.29, 0.717) is 13.1 Å². The lowest BCUT2D eigenvalue weighted by Gasteiger charge is -2.32. The molecule has 2 N–H and O–H groups in total. The van der Waals surface area contributed by atoms with E-state index < -0.39 is 0 Å². The summed E-state index contributed by atoms with van der Waals surface area (Å²) in [6.45, 7) is 2.90. The van der Waals surface area contributed by atoms with E-state index >= 15 is 0 Å². The average Bonchev–Trinajstić information content (AvgIpc) is 2.54. The molecule has 0 radical (unpaired) electrons. The lowest BCUT2D eigenvalue weighted by atomic mass is 10.1. The number of carbonyl (C=O) groups excluding carboxylic acids is 2. The Hall–Kier alpha value is -2.31. The number of benzene rings is 1. The van der Waals surface area contributed by atoms with E-state index in [0.717, 1.165) is 18.4 Å². The van der Waals surface area contributed by atoms with Crippen molar-refractivity contribution < 1.29 is 18.7 Å². The van der Waals surface area contributed by atoms with Crippen molar-refractivity contribution in [2.24, 2.45) is 0 Å². The van der Waals surface area contributed by atoms with Crippen LogP contribution in [0.25, 0.3) is 0 Å². The third-order valence-corrected chi connectivity index (χ3v) is 3.91. The summed E-state index contributed by atoms with van der Waals surface area (Å²) in [5, 5.41) is 5.68. The predicted molar refractivity (Wildman–Crippen MR) is 83.5 cm³/mol. The fourth-order valence-electron chi connectivity index (χ4n) is 2.65. The maximum absolute atomic E-state index is 12.9. The van der Waals surface area contributed by atoms with Gasteiger partial charge in [-0.15, -0.1) is 0 Å². The first kappa shape index (κ1) is 17.1. The number of carbonyl (C=O) groups is 2. The minimum atomic E-state index is -0.378. The Morgan fingerprint density at radius 2 is 2.04 bits per heavy atom. The van der Waals surface area contributed by atoms with Crippen molar-refractivity contribution in [3.63, 3.8) is 0 Å². The quantitative estimate of drug-likeness (QED) is 0.897. The van der Waals surface area contributed by atoms with Gasteiger partial charge in [-0.25, -0.2) is 14.0 Å². The molecule has 1 aromatic carbocycles. The van der Waals surface area contributed by atoms with E-state index in [9.17, 15) is 14.0 Å². The summed E-state index contributed by atoms with van der Waals surface area (Å²) in [6.07, 6.45) is 1.25. The molecule has 1 saturated heterocycles. The molecular formula is C16H22FN3O3. The molecule has 2 atom stereocenters. The number of likely N-dealkylation sites (tertiary alicyclic amines) is 1. The van der Waals surface area contributed by atoms with E-state index in [1.807, 2.05) is 6.92 Å². The van der Waals surface area contributed by atoms with Gasteiger partial charge in [0, 0.05) is 19.1 Å². The molecule has 0 saturated carbocycles. The van der Waals surface area contributed by atoms with Gasteiger partial charge < -0.3 is 20.3 Å². The van der Waals surface area contributed by atoms with E-state index in [-0.39, 0.29) is 30.0 Å². The molecule has 6 nitrogen and oxygen atoms in total. The van der Waals surface area contributed by atoms with Crippen LogP contribution in [0.15, 0.2) is 24.3 Å². The maximum Gasteiger partial charge on any atom is 0.409 e. The second kappa shape index (κ2) is 7.80. The molecule has 0 aliphatic carbocycles. The number of methoxy groups -OCH3 is 1. The molecule has 0 unspecified atom stereocenters. The highest BCUT2D eigenvalue weighted by atomic mass is 19.1. The van der Waals surface area contributed by atoms with Crippen molar-refractivity contribution in [2.75, 3.05) is 20.2 Å². The molecule has 1 aliphatic rings. The number of halogens is 1. The SMILES string of the molecule is COC(=O)N1CCC[C@@H](NC(=O)N[C@@H](C)c2ccc(F)cc2)C1. The van der Waals surface area contributed by atoms with Crippen LogP contribution in [0.1, 0.15) is 31.4 Å². The third kappa shape index (κ3) is 4.84. The lowest BCUT2D eigenvalue weighted by Crippen LogP contribution is -2.52. The molecule has 0 bridgehead atoms. The Kier molecular flexibility index (Phi) is 5.78. The van der Waals surface area contributed by atoms with Crippen molar-refractivity contribution in [2.45, 2.75) is 31.8 Å². The van der Waals surface area contributed by atoms with Gasteiger partial charge in [0.1, 0.15) is 5.82 Å². The van der Waals surface area contributed by atoms with Crippen molar-refractivity contribution in [3.05, 3.63) is 35.6 Å². The van der Waals surface area contributed by atoms with Gasteiger partial charge in [0.25, 0.3) is 0 Å². The maximum atomic E-state index is 12.9. The van der Waals surface area contributed by atoms with Crippen molar-refractivity contribution in [1.29, 1.82) is 0 Å². The van der Waals surface area contributed by atoms with Gasteiger partial charge in [-0.1, -0.05) is 12.1 Å². The molecule has 1 aromatic rings. The molecule has 3 amide bonds. The number of rotatable bonds is 3. The summed E-state index contributed by atoms with van der Waals surface area (Å²) in [7, 11) is 1.34. The molecular weight excluding hydrogens is 301 g/mol. The lowest BCUT2D eigenvalue weighted by molar-refractivity contribution is 0.108. The minimum Gasteiger partial charge on any atom is -0.453 e. The molecule has 0 aromatic heterocycles. The van der Waals surface area contributed by atoms with E-state index in [2.05, 4.69) is 10.6 Å². The molecule has 23 heavy (non-hydrogen) atoms. The summed E-state index contributed by atoms with van der Waals surface area (Å²) in [6, 6.07) is 5.35. The van der Waals surface area contributed by atoms with Crippen LogP contribution in [0, 0.1) is 5.82 Å². The van der Waals surface area contributed by atoms with Crippen molar-refractivity contribution in [1.82, 2.24) is 15.5 Å². The average molecular weight is 323 g/mol. The minimum absolute atomic E-state index is 0.108. The van der Waals surface area contributed by atoms with Gasteiger partial charge in [-0.05, 0) is 37.5 Å². The first-order valence-corrected chi connectivity index (χ1v) is 7.65.